The highest BCUT2D eigenvalue weighted by Crippen LogP contribution is 2.30. The molecule has 0 heterocycles. The smallest absolute Gasteiger partial charge is 0.119 e. The molecule has 22 heavy (non-hydrogen) atoms. The van der Waals surface area contributed by atoms with Crippen LogP contribution in [0.1, 0.15) is 42.7 Å². The molecule has 2 aromatic carbocycles. The van der Waals surface area contributed by atoms with Crippen molar-refractivity contribution in [2.45, 2.75) is 39.0 Å². The zero-order valence-corrected chi connectivity index (χ0v) is 13.8. The van der Waals surface area contributed by atoms with Crippen molar-refractivity contribution >= 4 is 11.6 Å². The summed E-state index contributed by atoms with van der Waals surface area (Å²) in [5, 5.41) is 11.1. The van der Waals surface area contributed by atoms with Crippen molar-refractivity contribution in [2.24, 2.45) is 5.73 Å². The molecule has 0 radical (unpaired) electrons. The summed E-state index contributed by atoms with van der Waals surface area (Å²) in [6, 6.07) is 12.4. The molecule has 0 aliphatic heterocycles. The van der Waals surface area contributed by atoms with Crippen molar-refractivity contribution in [3.63, 3.8) is 0 Å². The van der Waals surface area contributed by atoms with Gasteiger partial charge < -0.3 is 15.6 Å². The van der Waals surface area contributed by atoms with Crippen LogP contribution in [0.4, 0.5) is 0 Å². The molecule has 0 aliphatic rings. The van der Waals surface area contributed by atoms with E-state index in [4.69, 9.17) is 22.1 Å². The molecule has 0 saturated heterocycles. The molecule has 2 unspecified atom stereocenters. The second-order valence-electron chi connectivity index (χ2n) is 5.71. The fourth-order valence-corrected chi connectivity index (χ4v) is 2.41. The Morgan fingerprint density at radius 1 is 1.05 bits per heavy atom. The first-order valence-electron chi connectivity index (χ1n) is 7.35. The number of benzene rings is 2. The van der Waals surface area contributed by atoms with Crippen LogP contribution in [0.25, 0.3) is 0 Å². The predicted octanol–water partition coefficient (Wildman–Crippen LogP) is 4.17. The minimum Gasteiger partial charge on any atom is -0.491 e. The molecule has 3 N–H and O–H groups in total. The molecular weight excluding hydrogens is 298 g/mol. The van der Waals surface area contributed by atoms with Crippen molar-refractivity contribution in [1.82, 2.24) is 0 Å². The number of ether oxygens (including phenoxy) is 1. The van der Waals surface area contributed by atoms with Gasteiger partial charge in [0, 0.05) is 5.02 Å². The van der Waals surface area contributed by atoms with Gasteiger partial charge in [0.25, 0.3) is 0 Å². The maximum Gasteiger partial charge on any atom is 0.119 e. The monoisotopic (exact) mass is 319 g/mol. The first kappa shape index (κ1) is 16.8. The summed E-state index contributed by atoms with van der Waals surface area (Å²) in [7, 11) is 0. The summed E-state index contributed by atoms with van der Waals surface area (Å²) in [6.07, 6.45) is -0.681. The molecule has 0 saturated carbocycles. The van der Waals surface area contributed by atoms with Crippen LogP contribution >= 0.6 is 11.6 Å². The average molecular weight is 320 g/mol. The number of aliphatic hydroxyl groups is 1. The second-order valence-corrected chi connectivity index (χ2v) is 6.12. The topological polar surface area (TPSA) is 55.5 Å². The summed E-state index contributed by atoms with van der Waals surface area (Å²) in [4.78, 5) is 0. The summed E-state index contributed by atoms with van der Waals surface area (Å²) >= 11 is 6.12. The molecule has 0 spiro atoms. The number of hydrogen-bond donors (Lipinski definition) is 2. The number of aliphatic hydroxyl groups excluding tert-OH is 1. The van der Waals surface area contributed by atoms with Crippen molar-refractivity contribution < 1.29 is 9.84 Å². The number of halogens is 1. The second kappa shape index (κ2) is 7.14. The third kappa shape index (κ3) is 4.01. The van der Waals surface area contributed by atoms with E-state index in [1.807, 2.05) is 57.2 Å². The predicted molar refractivity (Wildman–Crippen MR) is 90.3 cm³/mol. The molecule has 0 aliphatic carbocycles. The van der Waals surface area contributed by atoms with E-state index in [9.17, 15) is 5.11 Å². The van der Waals surface area contributed by atoms with Crippen LogP contribution < -0.4 is 10.5 Å². The zero-order chi connectivity index (χ0) is 16.3. The normalized spacial score (nSPS) is 14.0. The highest BCUT2D eigenvalue weighted by Gasteiger charge is 2.19. The Morgan fingerprint density at radius 3 is 2.18 bits per heavy atom. The molecule has 4 heteroatoms. The molecule has 0 bridgehead atoms. The van der Waals surface area contributed by atoms with Gasteiger partial charge in [-0.15, -0.1) is 0 Å². The van der Waals surface area contributed by atoms with Gasteiger partial charge in [-0.25, -0.2) is 0 Å². The van der Waals surface area contributed by atoms with E-state index in [1.54, 1.807) is 6.07 Å². The number of rotatable bonds is 5. The number of hydrogen-bond acceptors (Lipinski definition) is 3. The molecule has 3 nitrogen and oxygen atoms in total. The van der Waals surface area contributed by atoms with Crippen LogP contribution in [0.3, 0.4) is 0 Å². The van der Waals surface area contributed by atoms with Gasteiger partial charge in [0.2, 0.25) is 0 Å². The summed E-state index contributed by atoms with van der Waals surface area (Å²) in [5.74, 6) is 0.776. The Morgan fingerprint density at radius 2 is 1.64 bits per heavy atom. The lowest BCUT2D eigenvalue weighted by Gasteiger charge is -2.20. The lowest BCUT2D eigenvalue weighted by Crippen LogP contribution is -2.19. The number of nitrogens with two attached hydrogens (primary N) is 1. The maximum absolute atomic E-state index is 10.5. The molecule has 2 aromatic rings. The van der Waals surface area contributed by atoms with E-state index >= 15 is 0 Å². The number of aryl methyl sites for hydroxylation is 1. The van der Waals surface area contributed by atoms with Crippen molar-refractivity contribution in [2.75, 3.05) is 0 Å². The Bertz CT molecular complexity index is 625. The van der Waals surface area contributed by atoms with E-state index in [0.29, 0.717) is 5.02 Å². The SMILES string of the molecule is Cc1ccc(C(N)C(O)c2ccc(OC(C)C)cc2)cc1Cl. The van der Waals surface area contributed by atoms with Gasteiger partial charge in [-0.2, -0.15) is 0 Å². The summed E-state index contributed by atoms with van der Waals surface area (Å²) in [5.41, 5.74) is 8.72. The third-order valence-electron chi connectivity index (χ3n) is 3.51. The first-order valence-corrected chi connectivity index (χ1v) is 7.72. The highest BCUT2D eigenvalue weighted by molar-refractivity contribution is 6.31. The Kier molecular flexibility index (Phi) is 5.46. The molecule has 2 rings (SSSR count). The maximum atomic E-state index is 10.5. The zero-order valence-electron chi connectivity index (χ0n) is 13.1. The lowest BCUT2D eigenvalue weighted by molar-refractivity contribution is 0.147. The van der Waals surface area contributed by atoms with Gasteiger partial charge in [-0.1, -0.05) is 35.9 Å². The minimum atomic E-state index is -0.799. The summed E-state index contributed by atoms with van der Waals surface area (Å²) in [6.45, 7) is 5.88. The van der Waals surface area contributed by atoms with E-state index < -0.39 is 12.1 Å². The Hall–Kier alpha value is -1.55. The van der Waals surface area contributed by atoms with Crippen LogP contribution in [-0.2, 0) is 0 Å². The molecule has 0 amide bonds. The van der Waals surface area contributed by atoms with Crippen LogP contribution in [0.15, 0.2) is 42.5 Å². The van der Waals surface area contributed by atoms with Crippen molar-refractivity contribution in [3.8, 4) is 5.75 Å². The molecule has 0 aromatic heterocycles. The Labute approximate surface area is 136 Å². The quantitative estimate of drug-likeness (QED) is 0.869. The van der Waals surface area contributed by atoms with Crippen LogP contribution in [-0.4, -0.2) is 11.2 Å². The fourth-order valence-electron chi connectivity index (χ4n) is 2.22. The largest absolute Gasteiger partial charge is 0.491 e. The van der Waals surface area contributed by atoms with Gasteiger partial charge >= 0.3 is 0 Å². The van der Waals surface area contributed by atoms with Gasteiger partial charge in [-0.3, -0.25) is 0 Å². The van der Waals surface area contributed by atoms with Crippen LogP contribution in [0.5, 0.6) is 5.75 Å². The molecule has 0 fully saturated rings. The van der Waals surface area contributed by atoms with E-state index in [1.165, 1.54) is 0 Å². The molecular formula is C18H22ClNO2. The van der Waals surface area contributed by atoms with Crippen molar-refractivity contribution in [1.29, 1.82) is 0 Å². The van der Waals surface area contributed by atoms with Crippen molar-refractivity contribution in [3.05, 3.63) is 64.2 Å². The van der Waals surface area contributed by atoms with Gasteiger partial charge in [-0.05, 0) is 55.7 Å². The highest BCUT2D eigenvalue weighted by atomic mass is 35.5. The third-order valence-corrected chi connectivity index (χ3v) is 3.92. The van der Waals surface area contributed by atoms with E-state index in [-0.39, 0.29) is 6.10 Å². The van der Waals surface area contributed by atoms with Crippen LogP contribution in [0.2, 0.25) is 5.02 Å². The van der Waals surface area contributed by atoms with Gasteiger partial charge in [0.15, 0.2) is 0 Å². The van der Waals surface area contributed by atoms with Crippen LogP contribution in [0, 0.1) is 6.92 Å². The van der Waals surface area contributed by atoms with E-state index in [0.717, 1.165) is 22.4 Å². The fraction of sp³-hybridized carbons (Fsp3) is 0.333. The van der Waals surface area contributed by atoms with E-state index in [2.05, 4.69) is 0 Å². The van der Waals surface area contributed by atoms with Gasteiger partial charge in [0.1, 0.15) is 5.75 Å². The lowest BCUT2D eigenvalue weighted by atomic mass is 9.96. The average Bonchev–Trinajstić information content (AvgIpc) is 2.49. The molecule has 118 valence electrons. The first-order chi connectivity index (χ1) is 10.4. The minimum absolute atomic E-state index is 0.118. The van der Waals surface area contributed by atoms with Gasteiger partial charge in [0.05, 0.1) is 18.2 Å². The standard InChI is InChI=1S/C18H22ClNO2/c1-11(2)22-15-8-6-13(7-9-15)18(21)17(20)14-5-4-12(3)16(19)10-14/h4-11,17-18,21H,20H2,1-3H3. The molecule has 2 atom stereocenters. The Balaban J connectivity index is 2.15. The summed E-state index contributed by atoms with van der Waals surface area (Å²) < 4.78 is 5.59.